The zero-order valence-electron chi connectivity index (χ0n) is 8.49. The third-order valence-electron chi connectivity index (χ3n) is 1.93. The molecule has 4 nitrogen and oxygen atoms in total. The predicted octanol–water partition coefficient (Wildman–Crippen LogP) is 1.87. The number of allylic oxidation sites excluding steroid dienone is 3. The summed E-state index contributed by atoms with van der Waals surface area (Å²) in [4.78, 5) is 0. The zero-order chi connectivity index (χ0) is 10.7. The van der Waals surface area contributed by atoms with Crippen LogP contribution in [0.4, 0.5) is 5.82 Å². The molecule has 0 aliphatic rings. The highest BCUT2D eigenvalue weighted by Crippen LogP contribution is 2.13. The van der Waals surface area contributed by atoms with Gasteiger partial charge in [0.05, 0.1) is 12.3 Å². The fourth-order valence-electron chi connectivity index (χ4n) is 1.19. The molecule has 1 aromatic rings. The van der Waals surface area contributed by atoms with Crippen LogP contribution in [0.1, 0.15) is 13.8 Å². The van der Waals surface area contributed by atoms with E-state index in [0.717, 1.165) is 11.1 Å². The van der Waals surface area contributed by atoms with E-state index >= 15 is 0 Å². The monoisotopic (exact) mass is 193 g/mol. The Hall–Kier alpha value is -1.71. The minimum Gasteiger partial charge on any atom is -0.512 e. The molecule has 14 heavy (non-hydrogen) atoms. The zero-order valence-corrected chi connectivity index (χ0v) is 8.49. The maximum Gasteiger partial charge on any atom is 0.145 e. The molecule has 1 aromatic heterocycles. The summed E-state index contributed by atoms with van der Waals surface area (Å²) < 4.78 is 1.67. The Morgan fingerprint density at radius 1 is 1.64 bits per heavy atom. The van der Waals surface area contributed by atoms with Gasteiger partial charge in [-0.25, -0.2) is 0 Å². The average molecular weight is 193 g/mol. The first kappa shape index (κ1) is 10.4. The lowest BCUT2D eigenvalue weighted by Gasteiger charge is -2.08. The number of aromatic nitrogens is 2. The van der Waals surface area contributed by atoms with Gasteiger partial charge < -0.3 is 10.8 Å². The molecular weight excluding hydrogens is 178 g/mol. The normalized spacial score (nSPS) is 12.4. The first-order valence-electron chi connectivity index (χ1n) is 4.34. The average Bonchev–Trinajstić information content (AvgIpc) is 2.46. The first-order chi connectivity index (χ1) is 6.50. The number of aliphatic hydroxyl groups excluding tert-OH is 1. The van der Waals surface area contributed by atoms with Crippen LogP contribution in [-0.4, -0.2) is 14.9 Å². The summed E-state index contributed by atoms with van der Waals surface area (Å²) in [7, 11) is 0. The molecule has 3 N–H and O–H groups in total. The molecule has 0 bridgehead atoms. The highest BCUT2D eigenvalue weighted by molar-refractivity contribution is 5.29. The van der Waals surface area contributed by atoms with E-state index in [1.165, 1.54) is 0 Å². The van der Waals surface area contributed by atoms with Crippen LogP contribution in [0.15, 0.2) is 35.7 Å². The molecule has 0 unspecified atom stereocenters. The molecule has 0 aromatic carbocycles. The van der Waals surface area contributed by atoms with Gasteiger partial charge in [0.1, 0.15) is 5.82 Å². The van der Waals surface area contributed by atoms with E-state index in [1.54, 1.807) is 23.9 Å². The van der Waals surface area contributed by atoms with E-state index in [2.05, 4.69) is 11.7 Å². The molecule has 0 aliphatic carbocycles. The van der Waals surface area contributed by atoms with E-state index < -0.39 is 0 Å². The van der Waals surface area contributed by atoms with Crippen LogP contribution in [0.5, 0.6) is 0 Å². The number of nitrogens with zero attached hydrogens (tertiary/aromatic N) is 2. The number of hydrogen-bond acceptors (Lipinski definition) is 3. The van der Waals surface area contributed by atoms with Gasteiger partial charge in [0.25, 0.3) is 0 Å². The molecule has 0 fully saturated rings. The van der Waals surface area contributed by atoms with Crippen molar-refractivity contribution < 1.29 is 5.11 Å². The highest BCUT2D eigenvalue weighted by atomic mass is 16.3. The third-order valence-corrected chi connectivity index (χ3v) is 1.93. The summed E-state index contributed by atoms with van der Waals surface area (Å²) in [6.07, 6.45) is 1.77. The first-order valence-corrected chi connectivity index (χ1v) is 4.34. The van der Waals surface area contributed by atoms with E-state index in [9.17, 15) is 5.11 Å². The maximum atomic E-state index is 9.40. The lowest BCUT2D eigenvalue weighted by atomic mass is 10.1. The number of nitrogen functional groups attached to an aromatic ring is 1. The van der Waals surface area contributed by atoms with Crippen LogP contribution in [0.3, 0.4) is 0 Å². The molecule has 1 rings (SSSR count). The van der Waals surface area contributed by atoms with Crippen LogP contribution in [0.25, 0.3) is 0 Å². The topological polar surface area (TPSA) is 64.1 Å². The van der Waals surface area contributed by atoms with Crippen molar-refractivity contribution in [3.05, 3.63) is 35.7 Å². The second kappa shape index (κ2) is 4.00. The molecule has 0 saturated heterocycles. The second-order valence-corrected chi connectivity index (χ2v) is 3.28. The van der Waals surface area contributed by atoms with Gasteiger partial charge in [-0.3, -0.25) is 4.68 Å². The summed E-state index contributed by atoms with van der Waals surface area (Å²) in [6, 6.07) is 1.71. The Morgan fingerprint density at radius 3 is 2.64 bits per heavy atom. The van der Waals surface area contributed by atoms with Crippen LogP contribution >= 0.6 is 0 Å². The summed E-state index contributed by atoms with van der Waals surface area (Å²) in [6.45, 7) is 7.77. The number of rotatable bonds is 3. The number of hydrogen-bond donors (Lipinski definition) is 2. The SMILES string of the molecule is C=C(C)/C(Cn1ccc(N)n1)=C(/C)O. The fourth-order valence-corrected chi connectivity index (χ4v) is 1.19. The van der Waals surface area contributed by atoms with Gasteiger partial charge in [0.2, 0.25) is 0 Å². The smallest absolute Gasteiger partial charge is 0.145 e. The Labute approximate surface area is 83.3 Å². The van der Waals surface area contributed by atoms with Crippen molar-refractivity contribution in [1.82, 2.24) is 9.78 Å². The van der Waals surface area contributed by atoms with Crippen molar-refractivity contribution >= 4 is 5.82 Å². The lowest BCUT2D eigenvalue weighted by molar-refractivity contribution is 0.402. The van der Waals surface area contributed by atoms with Gasteiger partial charge in [-0.05, 0) is 25.5 Å². The summed E-state index contributed by atoms with van der Waals surface area (Å²) in [5.41, 5.74) is 7.09. The number of aliphatic hydroxyl groups is 1. The molecular formula is C10H15N3O. The van der Waals surface area contributed by atoms with E-state index in [1.807, 2.05) is 6.92 Å². The standard InChI is InChI=1S/C10H15N3O/c1-7(2)9(8(3)14)6-13-5-4-10(11)12-13/h4-5,14H,1,6H2,2-3H3,(H2,11,12)/b9-8-. The minimum atomic E-state index is 0.270. The maximum absolute atomic E-state index is 9.40. The van der Waals surface area contributed by atoms with Crippen molar-refractivity contribution in [1.29, 1.82) is 0 Å². The Balaban J connectivity index is 2.86. The van der Waals surface area contributed by atoms with Crippen molar-refractivity contribution in [2.75, 3.05) is 5.73 Å². The Bertz CT molecular complexity index is 372. The van der Waals surface area contributed by atoms with Gasteiger partial charge in [-0.1, -0.05) is 6.58 Å². The molecule has 0 aliphatic heterocycles. The van der Waals surface area contributed by atoms with Gasteiger partial charge in [-0.2, -0.15) is 5.10 Å². The molecule has 0 atom stereocenters. The Kier molecular flexibility index (Phi) is 2.96. The van der Waals surface area contributed by atoms with E-state index in [4.69, 9.17) is 5.73 Å². The summed E-state index contributed by atoms with van der Waals surface area (Å²) >= 11 is 0. The van der Waals surface area contributed by atoms with Gasteiger partial charge >= 0.3 is 0 Å². The lowest BCUT2D eigenvalue weighted by Crippen LogP contribution is -2.05. The fraction of sp³-hybridized carbons (Fsp3) is 0.300. The molecule has 0 radical (unpaired) electrons. The summed E-state index contributed by atoms with van der Waals surface area (Å²) in [5.74, 6) is 0.744. The van der Waals surface area contributed by atoms with Crippen molar-refractivity contribution in [2.24, 2.45) is 0 Å². The van der Waals surface area contributed by atoms with Crippen molar-refractivity contribution in [3.8, 4) is 0 Å². The van der Waals surface area contributed by atoms with Gasteiger partial charge in [0, 0.05) is 11.8 Å². The molecule has 0 amide bonds. The highest BCUT2D eigenvalue weighted by Gasteiger charge is 2.04. The summed E-state index contributed by atoms with van der Waals surface area (Å²) in [5, 5.41) is 13.4. The van der Waals surface area contributed by atoms with Gasteiger partial charge in [-0.15, -0.1) is 0 Å². The number of anilines is 1. The molecule has 76 valence electrons. The van der Waals surface area contributed by atoms with Gasteiger partial charge in [0.15, 0.2) is 0 Å². The van der Waals surface area contributed by atoms with Crippen molar-refractivity contribution in [2.45, 2.75) is 20.4 Å². The Morgan fingerprint density at radius 2 is 2.29 bits per heavy atom. The molecule has 1 heterocycles. The van der Waals surface area contributed by atoms with Crippen LogP contribution in [-0.2, 0) is 6.54 Å². The van der Waals surface area contributed by atoms with E-state index in [-0.39, 0.29) is 5.76 Å². The molecule has 0 saturated carbocycles. The number of nitrogens with two attached hydrogens (primary N) is 1. The largest absolute Gasteiger partial charge is 0.512 e. The quantitative estimate of drug-likeness (QED) is 0.569. The third kappa shape index (κ3) is 2.39. The minimum absolute atomic E-state index is 0.270. The van der Waals surface area contributed by atoms with Crippen LogP contribution in [0.2, 0.25) is 0 Å². The van der Waals surface area contributed by atoms with Crippen LogP contribution < -0.4 is 5.73 Å². The predicted molar refractivity (Wildman–Crippen MR) is 56.8 cm³/mol. The molecule has 4 heteroatoms. The van der Waals surface area contributed by atoms with Crippen molar-refractivity contribution in [3.63, 3.8) is 0 Å². The van der Waals surface area contributed by atoms with E-state index in [0.29, 0.717) is 12.4 Å². The van der Waals surface area contributed by atoms with Crippen LogP contribution in [0, 0.1) is 0 Å². The molecule has 0 spiro atoms. The second-order valence-electron chi connectivity index (χ2n) is 3.28.